The number of esters is 1. The molecule has 0 unspecified atom stereocenters. The summed E-state index contributed by atoms with van der Waals surface area (Å²) in [7, 11) is 0. The Morgan fingerprint density at radius 2 is 2.45 bits per heavy atom. The molecule has 0 heterocycles. The van der Waals surface area contributed by atoms with Crippen LogP contribution in [0.4, 0.5) is 0 Å². The topological polar surface area (TPSA) is 26.3 Å². The third-order valence-corrected chi connectivity index (χ3v) is 0.791. The largest absolute Gasteiger partial charge is 0.458 e. The number of ether oxygens (including phenoxy) is 1. The molecule has 2 heteroatoms. The van der Waals surface area contributed by atoms with Gasteiger partial charge in [-0.05, 0) is 13.0 Å². The van der Waals surface area contributed by atoms with Crippen molar-refractivity contribution >= 4 is 5.97 Å². The average Bonchev–Trinajstić information content (AvgIpc) is 2.01. The fraction of sp³-hybridized carbons (Fsp3) is 0.222. The van der Waals surface area contributed by atoms with Crippen molar-refractivity contribution in [3.05, 3.63) is 24.8 Å². The minimum atomic E-state index is -0.396. The molecule has 2 nitrogen and oxygen atoms in total. The van der Waals surface area contributed by atoms with Crippen molar-refractivity contribution in [1.29, 1.82) is 0 Å². The zero-order chi connectivity index (χ0) is 8.53. The molecule has 0 N–H and O–H groups in total. The minimum absolute atomic E-state index is 0.239. The van der Waals surface area contributed by atoms with Gasteiger partial charge in [0.15, 0.2) is 0 Å². The number of carbonyl (C=O) groups is 1. The summed E-state index contributed by atoms with van der Waals surface area (Å²) in [4.78, 5) is 10.7. The maximum absolute atomic E-state index is 10.7. The maximum Gasteiger partial charge on any atom is 0.331 e. The number of hydrogen-bond acceptors (Lipinski definition) is 2. The molecule has 0 aromatic carbocycles. The molecular weight excluding hydrogens is 140 g/mol. The molecular formula is C9H10O2. The first-order valence-electron chi connectivity index (χ1n) is 3.17. The van der Waals surface area contributed by atoms with Gasteiger partial charge in [0.05, 0.1) is 0 Å². The van der Waals surface area contributed by atoms with Crippen molar-refractivity contribution in [2.45, 2.75) is 6.92 Å². The fourth-order valence-corrected chi connectivity index (χ4v) is 0.382. The summed E-state index contributed by atoms with van der Waals surface area (Å²) >= 11 is 0. The molecule has 0 bridgehead atoms. The van der Waals surface area contributed by atoms with Crippen molar-refractivity contribution in [1.82, 2.24) is 0 Å². The number of allylic oxidation sites excluding steroid dienone is 1. The van der Waals surface area contributed by atoms with Crippen LogP contribution in [0, 0.1) is 11.8 Å². The first kappa shape index (κ1) is 9.51. The summed E-state index contributed by atoms with van der Waals surface area (Å²) in [5, 5.41) is 0. The summed E-state index contributed by atoms with van der Waals surface area (Å²) in [6.07, 6.45) is 4.24. The van der Waals surface area contributed by atoms with Gasteiger partial charge in [0.1, 0.15) is 6.61 Å². The molecule has 0 aromatic heterocycles. The Kier molecular flexibility index (Phi) is 5.73. The highest BCUT2D eigenvalue weighted by Crippen LogP contribution is 1.80. The summed E-state index contributed by atoms with van der Waals surface area (Å²) in [6, 6.07) is 0. The molecule has 58 valence electrons. The van der Waals surface area contributed by atoms with Crippen LogP contribution in [0.3, 0.4) is 0 Å². The van der Waals surface area contributed by atoms with Crippen LogP contribution < -0.4 is 0 Å². The van der Waals surface area contributed by atoms with Crippen LogP contribution in [-0.4, -0.2) is 12.6 Å². The molecule has 0 aliphatic heterocycles. The molecule has 11 heavy (non-hydrogen) atoms. The lowest BCUT2D eigenvalue weighted by atomic mass is 10.5. The Labute approximate surface area is 66.6 Å². The van der Waals surface area contributed by atoms with Gasteiger partial charge >= 0.3 is 5.97 Å². The zero-order valence-corrected chi connectivity index (χ0v) is 6.46. The van der Waals surface area contributed by atoms with Gasteiger partial charge in [-0.2, -0.15) is 0 Å². The van der Waals surface area contributed by atoms with E-state index in [9.17, 15) is 4.79 Å². The maximum atomic E-state index is 10.7. The van der Waals surface area contributed by atoms with Gasteiger partial charge in [0.2, 0.25) is 0 Å². The summed E-state index contributed by atoms with van der Waals surface area (Å²) < 4.78 is 4.63. The Morgan fingerprint density at radius 1 is 1.73 bits per heavy atom. The summed E-state index contributed by atoms with van der Waals surface area (Å²) in [5.41, 5.74) is 0. The second-order valence-electron chi connectivity index (χ2n) is 1.65. The van der Waals surface area contributed by atoms with Gasteiger partial charge in [-0.3, -0.25) is 0 Å². The van der Waals surface area contributed by atoms with E-state index in [1.807, 2.05) is 0 Å². The molecule has 0 fully saturated rings. The lowest BCUT2D eigenvalue weighted by molar-refractivity contribution is -0.136. The summed E-state index contributed by atoms with van der Waals surface area (Å²) in [5.74, 6) is 4.82. The lowest BCUT2D eigenvalue weighted by Crippen LogP contribution is -1.99. The van der Waals surface area contributed by atoms with Crippen LogP contribution in [0.25, 0.3) is 0 Å². The van der Waals surface area contributed by atoms with E-state index >= 15 is 0 Å². The van der Waals surface area contributed by atoms with Gasteiger partial charge in [0.25, 0.3) is 0 Å². The molecule has 0 aromatic rings. The van der Waals surface area contributed by atoms with Crippen molar-refractivity contribution in [3.63, 3.8) is 0 Å². The van der Waals surface area contributed by atoms with Crippen LogP contribution in [0.1, 0.15) is 6.92 Å². The Morgan fingerprint density at radius 3 is 3.00 bits per heavy atom. The second kappa shape index (κ2) is 6.63. The standard InChI is InChI=1S/C9H10O2/c1-3-5-6-7-9(10)11-8-4-2/h4,6-7H,2,8H2,1H3/b7-6+. The fourth-order valence-electron chi connectivity index (χ4n) is 0.382. The molecule has 0 radical (unpaired) electrons. The number of hydrogen-bond donors (Lipinski definition) is 0. The SMILES string of the molecule is C=CCOC(=O)/C=C/C#CC. The lowest BCUT2D eigenvalue weighted by Gasteiger charge is -1.92. The molecule has 0 spiro atoms. The van der Waals surface area contributed by atoms with Crippen molar-refractivity contribution in [3.8, 4) is 11.8 Å². The van der Waals surface area contributed by atoms with E-state index in [0.29, 0.717) is 0 Å². The van der Waals surface area contributed by atoms with Crippen molar-refractivity contribution < 1.29 is 9.53 Å². The number of carbonyl (C=O) groups excluding carboxylic acids is 1. The summed E-state index contributed by atoms with van der Waals surface area (Å²) in [6.45, 7) is 5.33. The Balaban J connectivity index is 3.65. The second-order valence-corrected chi connectivity index (χ2v) is 1.65. The van der Waals surface area contributed by atoms with Crippen molar-refractivity contribution in [2.75, 3.05) is 6.61 Å². The van der Waals surface area contributed by atoms with Crippen LogP contribution in [0.15, 0.2) is 24.8 Å². The molecule has 0 saturated heterocycles. The molecule has 0 aliphatic carbocycles. The van der Waals surface area contributed by atoms with Crippen LogP contribution >= 0.6 is 0 Å². The predicted molar refractivity (Wildman–Crippen MR) is 43.7 cm³/mol. The first-order chi connectivity index (χ1) is 5.31. The van der Waals surface area contributed by atoms with Crippen molar-refractivity contribution in [2.24, 2.45) is 0 Å². The highest BCUT2D eigenvalue weighted by Gasteiger charge is 1.90. The smallest absolute Gasteiger partial charge is 0.331 e. The van der Waals surface area contributed by atoms with Gasteiger partial charge < -0.3 is 4.74 Å². The third-order valence-electron chi connectivity index (χ3n) is 0.791. The molecule has 0 rings (SSSR count). The van der Waals surface area contributed by atoms with E-state index in [1.54, 1.807) is 6.92 Å². The van der Waals surface area contributed by atoms with Crippen LogP contribution in [0.2, 0.25) is 0 Å². The van der Waals surface area contributed by atoms with E-state index < -0.39 is 5.97 Å². The molecule has 0 amide bonds. The minimum Gasteiger partial charge on any atom is -0.458 e. The van der Waals surface area contributed by atoms with Gasteiger partial charge in [-0.15, -0.1) is 5.92 Å². The van der Waals surface area contributed by atoms with Gasteiger partial charge in [-0.25, -0.2) is 4.79 Å². The highest BCUT2D eigenvalue weighted by molar-refractivity contribution is 5.82. The Hall–Kier alpha value is -1.49. The predicted octanol–water partition coefficient (Wildman–Crippen LogP) is 1.30. The van der Waals surface area contributed by atoms with E-state index in [0.717, 1.165) is 0 Å². The Bertz CT molecular complexity index is 215. The third kappa shape index (κ3) is 6.39. The van der Waals surface area contributed by atoms with Gasteiger partial charge in [-0.1, -0.05) is 18.6 Å². The highest BCUT2D eigenvalue weighted by atomic mass is 16.5. The first-order valence-corrected chi connectivity index (χ1v) is 3.17. The normalized spacial score (nSPS) is 8.45. The van der Waals surface area contributed by atoms with E-state index in [1.165, 1.54) is 18.2 Å². The van der Waals surface area contributed by atoms with E-state index in [-0.39, 0.29) is 6.61 Å². The van der Waals surface area contributed by atoms with Crippen LogP contribution in [0.5, 0.6) is 0 Å². The monoisotopic (exact) mass is 150 g/mol. The average molecular weight is 150 g/mol. The quantitative estimate of drug-likeness (QED) is 0.262. The zero-order valence-electron chi connectivity index (χ0n) is 6.46. The van der Waals surface area contributed by atoms with Crippen LogP contribution in [-0.2, 0) is 9.53 Å². The van der Waals surface area contributed by atoms with Gasteiger partial charge in [0, 0.05) is 6.08 Å². The molecule has 0 aliphatic rings. The van der Waals surface area contributed by atoms with E-state index in [2.05, 4.69) is 23.2 Å². The number of rotatable bonds is 3. The van der Waals surface area contributed by atoms with E-state index in [4.69, 9.17) is 0 Å². The molecule has 0 atom stereocenters. The molecule has 0 saturated carbocycles.